The summed E-state index contributed by atoms with van der Waals surface area (Å²) in [5.74, 6) is -0.0815. The van der Waals surface area contributed by atoms with Crippen LogP contribution in [0.1, 0.15) is 35.3 Å². The lowest BCUT2D eigenvalue weighted by Gasteiger charge is -2.10. The molecule has 0 atom stereocenters. The summed E-state index contributed by atoms with van der Waals surface area (Å²) in [5.41, 5.74) is 1.18. The van der Waals surface area contributed by atoms with E-state index >= 15 is 0 Å². The van der Waals surface area contributed by atoms with E-state index in [1.54, 1.807) is 36.4 Å². The minimum Gasteiger partial charge on any atom is -0.292 e. The van der Waals surface area contributed by atoms with Gasteiger partial charge in [-0.2, -0.15) is 0 Å². The van der Waals surface area contributed by atoms with Gasteiger partial charge in [0.1, 0.15) is 5.69 Å². The first-order valence-corrected chi connectivity index (χ1v) is 8.09. The highest BCUT2D eigenvalue weighted by molar-refractivity contribution is 7.90. The first-order chi connectivity index (χ1) is 9.60. The largest absolute Gasteiger partial charge is 0.292 e. The summed E-state index contributed by atoms with van der Waals surface area (Å²) < 4.78 is 26.4. The van der Waals surface area contributed by atoms with E-state index in [0.717, 1.165) is 28.8 Å². The van der Waals surface area contributed by atoms with Crippen LogP contribution in [-0.2, 0) is 16.4 Å². The first kappa shape index (κ1) is 13.1. The smallest absolute Gasteiger partial charge is 0.268 e. The van der Waals surface area contributed by atoms with Crippen molar-refractivity contribution in [2.24, 2.45) is 0 Å². The molecule has 0 saturated carbocycles. The fourth-order valence-corrected chi connectivity index (χ4v) is 3.99. The zero-order valence-corrected chi connectivity index (χ0v) is 11.8. The average Bonchev–Trinajstić information content (AvgIpc) is 2.81. The second kappa shape index (κ2) is 4.90. The Morgan fingerprint density at radius 2 is 1.65 bits per heavy atom. The van der Waals surface area contributed by atoms with Crippen molar-refractivity contribution in [2.45, 2.75) is 30.6 Å². The zero-order chi connectivity index (χ0) is 14.2. The molecule has 4 nitrogen and oxygen atoms in total. The number of ketones is 1. The van der Waals surface area contributed by atoms with Gasteiger partial charge >= 0.3 is 0 Å². The minimum atomic E-state index is -3.69. The maximum atomic E-state index is 12.6. The van der Waals surface area contributed by atoms with Crippen LogP contribution >= 0.6 is 0 Å². The molecule has 104 valence electrons. The highest BCUT2D eigenvalue weighted by Crippen LogP contribution is 2.25. The van der Waals surface area contributed by atoms with Crippen molar-refractivity contribution in [2.75, 3.05) is 0 Å². The van der Waals surface area contributed by atoms with Gasteiger partial charge in [0.25, 0.3) is 10.0 Å². The third-order valence-electron chi connectivity index (χ3n) is 3.60. The fourth-order valence-electron chi connectivity index (χ4n) is 2.58. The standard InChI is InChI=1S/C15H15NO3S/c17-14-9-5-4-6-12-10-11-16(15(12)14)20(18,19)13-7-2-1-3-8-13/h1-3,7-8,10-11H,4-6,9H2. The van der Waals surface area contributed by atoms with Crippen molar-refractivity contribution in [3.8, 4) is 0 Å². The summed E-state index contributed by atoms with van der Waals surface area (Å²) in [6, 6.07) is 9.96. The molecule has 0 radical (unpaired) electrons. The number of aromatic nitrogens is 1. The van der Waals surface area contributed by atoms with E-state index in [9.17, 15) is 13.2 Å². The van der Waals surface area contributed by atoms with Gasteiger partial charge in [-0.3, -0.25) is 4.79 Å². The lowest BCUT2D eigenvalue weighted by atomic mass is 10.1. The first-order valence-electron chi connectivity index (χ1n) is 6.65. The van der Waals surface area contributed by atoms with Gasteiger partial charge in [-0.1, -0.05) is 18.2 Å². The summed E-state index contributed by atoms with van der Waals surface area (Å²) >= 11 is 0. The van der Waals surface area contributed by atoms with Gasteiger partial charge in [0.2, 0.25) is 0 Å². The second-order valence-electron chi connectivity index (χ2n) is 4.93. The number of rotatable bonds is 2. The van der Waals surface area contributed by atoms with Gasteiger partial charge in [0.05, 0.1) is 4.90 Å². The van der Waals surface area contributed by atoms with Crippen molar-refractivity contribution in [1.29, 1.82) is 0 Å². The number of fused-ring (bicyclic) bond motifs is 1. The predicted octanol–water partition coefficient (Wildman–Crippen LogP) is 2.63. The SMILES string of the molecule is O=C1CCCCc2ccn(S(=O)(=O)c3ccccc3)c21. The Hall–Kier alpha value is -1.88. The van der Waals surface area contributed by atoms with Crippen LogP contribution in [0.2, 0.25) is 0 Å². The Kier molecular flexibility index (Phi) is 3.22. The normalized spacial score (nSPS) is 15.7. The molecule has 0 N–H and O–H groups in total. The van der Waals surface area contributed by atoms with E-state index in [2.05, 4.69) is 0 Å². The van der Waals surface area contributed by atoms with Crippen LogP contribution in [0.5, 0.6) is 0 Å². The Morgan fingerprint density at radius 1 is 0.950 bits per heavy atom. The molecule has 0 unspecified atom stereocenters. The van der Waals surface area contributed by atoms with Crippen molar-refractivity contribution < 1.29 is 13.2 Å². The molecule has 1 aromatic carbocycles. The summed E-state index contributed by atoms with van der Waals surface area (Å²) in [6.45, 7) is 0. The summed E-state index contributed by atoms with van der Waals surface area (Å²) in [5, 5.41) is 0. The lowest BCUT2D eigenvalue weighted by Crippen LogP contribution is -2.18. The molecule has 5 heteroatoms. The van der Waals surface area contributed by atoms with Crippen molar-refractivity contribution in [1.82, 2.24) is 3.97 Å². The molecule has 2 aromatic rings. The quantitative estimate of drug-likeness (QED) is 0.799. The van der Waals surface area contributed by atoms with Crippen LogP contribution in [-0.4, -0.2) is 18.2 Å². The summed E-state index contributed by atoms with van der Waals surface area (Å²) in [7, 11) is -3.69. The Bertz CT molecular complexity index is 745. The van der Waals surface area contributed by atoms with Gasteiger partial charge in [-0.25, -0.2) is 12.4 Å². The monoisotopic (exact) mass is 289 g/mol. The molecule has 0 aliphatic heterocycles. The molecule has 1 aliphatic carbocycles. The number of nitrogens with zero attached hydrogens (tertiary/aromatic N) is 1. The molecule has 20 heavy (non-hydrogen) atoms. The fraction of sp³-hybridized carbons (Fsp3) is 0.267. The molecule has 1 aliphatic rings. The molecule has 0 fully saturated rings. The van der Waals surface area contributed by atoms with Crippen molar-refractivity contribution >= 4 is 15.8 Å². The van der Waals surface area contributed by atoms with Gasteiger partial charge in [0, 0.05) is 12.6 Å². The number of benzene rings is 1. The van der Waals surface area contributed by atoms with Crippen LogP contribution in [0.25, 0.3) is 0 Å². The average molecular weight is 289 g/mol. The number of carbonyl (C=O) groups is 1. The van der Waals surface area contributed by atoms with E-state index in [0.29, 0.717) is 12.1 Å². The Morgan fingerprint density at radius 3 is 2.40 bits per heavy atom. The van der Waals surface area contributed by atoms with E-state index < -0.39 is 10.0 Å². The Labute approximate surface area is 118 Å². The summed E-state index contributed by atoms with van der Waals surface area (Å²) in [4.78, 5) is 12.4. The topological polar surface area (TPSA) is 56.1 Å². The van der Waals surface area contributed by atoms with E-state index in [4.69, 9.17) is 0 Å². The molecular formula is C15H15NO3S. The number of Topliss-reactive ketones (excluding diaryl/α,β-unsaturated/α-hetero) is 1. The van der Waals surface area contributed by atoms with Crippen LogP contribution in [0, 0.1) is 0 Å². The molecule has 0 spiro atoms. The highest BCUT2D eigenvalue weighted by atomic mass is 32.2. The molecule has 1 aromatic heterocycles. The molecule has 1 heterocycles. The number of aryl methyl sites for hydroxylation is 1. The molecular weight excluding hydrogens is 274 g/mol. The van der Waals surface area contributed by atoms with E-state index in [-0.39, 0.29) is 10.7 Å². The molecule has 3 rings (SSSR count). The second-order valence-corrected chi connectivity index (χ2v) is 6.75. The van der Waals surface area contributed by atoms with E-state index in [1.807, 2.05) is 0 Å². The lowest BCUT2D eigenvalue weighted by molar-refractivity contribution is 0.0976. The van der Waals surface area contributed by atoms with Gasteiger partial charge in [0.15, 0.2) is 5.78 Å². The van der Waals surface area contributed by atoms with Crippen molar-refractivity contribution in [3.05, 3.63) is 53.9 Å². The number of hydrogen-bond acceptors (Lipinski definition) is 3. The molecule has 0 amide bonds. The minimum absolute atomic E-state index is 0.0815. The third-order valence-corrected chi connectivity index (χ3v) is 5.29. The van der Waals surface area contributed by atoms with Crippen LogP contribution in [0.4, 0.5) is 0 Å². The van der Waals surface area contributed by atoms with Gasteiger partial charge in [-0.05, 0) is 43.0 Å². The predicted molar refractivity (Wildman–Crippen MR) is 75.3 cm³/mol. The number of hydrogen-bond donors (Lipinski definition) is 0. The van der Waals surface area contributed by atoms with Crippen molar-refractivity contribution in [3.63, 3.8) is 0 Å². The maximum Gasteiger partial charge on any atom is 0.268 e. The summed E-state index contributed by atoms with van der Waals surface area (Å²) in [6.07, 6.45) is 4.42. The zero-order valence-electron chi connectivity index (χ0n) is 11.0. The number of carbonyl (C=O) groups excluding carboxylic acids is 1. The van der Waals surface area contributed by atoms with Gasteiger partial charge in [-0.15, -0.1) is 0 Å². The van der Waals surface area contributed by atoms with Crippen LogP contribution in [0.15, 0.2) is 47.5 Å². The molecule has 0 saturated heterocycles. The van der Waals surface area contributed by atoms with Crippen LogP contribution < -0.4 is 0 Å². The van der Waals surface area contributed by atoms with Gasteiger partial charge < -0.3 is 0 Å². The maximum absolute atomic E-state index is 12.6. The molecule has 0 bridgehead atoms. The van der Waals surface area contributed by atoms with E-state index in [1.165, 1.54) is 6.20 Å². The Balaban J connectivity index is 2.17. The van der Waals surface area contributed by atoms with Crippen LogP contribution in [0.3, 0.4) is 0 Å². The third kappa shape index (κ3) is 2.08. The highest BCUT2D eigenvalue weighted by Gasteiger charge is 2.26.